The molecule has 0 aliphatic carbocycles. The third-order valence-electron chi connectivity index (χ3n) is 3.24. The van der Waals surface area contributed by atoms with Gasteiger partial charge in [-0.15, -0.1) is 11.3 Å². The van der Waals surface area contributed by atoms with E-state index in [1.165, 1.54) is 18.4 Å². The number of nitrogens with two attached hydrogens (primary N) is 1. The summed E-state index contributed by atoms with van der Waals surface area (Å²) in [5, 5.41) is 13.6. The Bertz CT molecular complexity index is 734. The molecule has 1 atom stereocenters. The van der Waals surface area contributed by atoms with Crippen molar-refractivity contribution in [3.8, 4) is 5.75 Å². The molecule has 1 aromatic heterocycles. The Morgan fingerprint density at radius 1 is 1.44 bits per heavy atom. The van der Waals surface area contributed by atoms with Crippen LogP contribution in [0.1, 0.15) is 28.1 Å². The zero-order valence-corrected chi connectivity index (χ0v) is 14.7. The molecule has 1 aliphatic rings. The average Bonchev–Trinajstić information content (AvgIpc) is 3.00. The molecule has 3 amide bonds. The van der Waals surface area contributed by atoms with Crippen molar-refractivity contribution in [2.75, 3.05) is 7.11 Å². The molecule has 1 fully saturated rings. The van der Waals surface area contributed by atoms with Crippen LogP contribution in [0.3, 0.4) is 0 Å². The monoisotopic (exact) mass is 411 g/mol. The van der Waals surface area contributed by atoms with E-state index >= 15 is 0 Å². The first-order chi connectivity index (χ1) is 12.5. The van der Waals surface area contributed by atoms with Crippen LogP contribution in [0.4, 0.5) is 13.2 Å². The van der Waals surface area contributed by atoms with E-state index in [0.717, 1.165) is 4.88 Å². The molecule has 2 rings (SSSR count). The van der Waals surface area contributed by atoms with Gasteiger partial charge in [0.2, 0.25) is 11.8 Å². The number of halogens is 3. The van der Waals surface area contributed by atoms with Crippen LogP contribution in [-0.2, 0) is 20.9 Å². The van der Waals surface area contributed by atoms with E-state index < -0.39 is 30.0 Å². The molecule has 13 heteroatoms. The van der Waals surface area contributed by atoms with Gasteiger partial charge < -0.3 is 20.9 Å². The molecular formula is C14H16F3N3O6S. The molecule has 0 aromatic carbocycles. The van der Waals surface area contributed by atoms with Crippen molar-refractivity contribution in [3.05, 3.63) is 15.8 Å². The summed E-state index contributed by atoms with van der Waals surface area (Å²) in [6.07, 6.45) is -4.57. The Labute approximate surface area is 154 Å². The molecule has 0 spiro atoms. The van der Waals surface area contributed by atoms with Crippen molar-refractivity contribution < 1.29 is 42.2 Å². The largest absolute Gasteiger partial charge is 0.495 e. The molecule has 1 aromatic rings. The zero-order chi connectivity index (χ0) is 20.8. The third kappa shape index (κ3) is 6.21. The topological polar surface area (TPSA) is 148 Å². The lowest BCUT2D eigenvalue weighted by atomic mass is 10.1. The fourth-order valence-corrected chi connectivity index (χ4v) is 2.85. The van der Waals surface area contributed by atoms with Crippen molar-refractivity contribution >= 4 is 35.0 Å². The van der Waals surface area contributed by atoms with E-state index in [1.807, 2.05) is 0 Å². The number of imide groups is 1. The second kappa shape index (κ2) is 9.32. The molecule has 1 unspecified atom stereocenters. The van der Waals surface area contributed by atoms with Gasteiger partial charge in [0.05, 0.1) is 17.6 Å². The van der Waals surface area contributed by atoms with Gasteiger partial charge in [-0.25, -0.2) is 4.79 Å². The maximum Gasteiger partial charge on any atom is 0.490 e. The molecule has 0 saturated carbocycles. The van der Waals surface area contributed by atoms with Gasteiger partial charge in [0.1, 0.15) is 11.8 Å². The molecular weight excluding hydrogens is 395 g/mol. The summed E-state index contributed by atoms with van der Waals surface area (Å²) in [4.78, 5) is 44.5. The van der Waals surface area contributed by atoms with Gasteiger partial charge in [-0.3, -0.25) is 19.7 Å². The van der Waals surface area contributed by atoms with Crippen LogP contribution in [0.5, 0.6) is 5.75 Å². The van der Waals surface area contributed by atoms with E-state index in [9.17, 15) is 27.6 Å². The number of hydrogen-bond acceptors (Lipinski definition) is 7. The van der Waals surface area contributed by atoms with Gasteiger partial charge in [-0.1, -0.05) is 0 Å². The predicted molar refractivity (Wildman–Crippen MR) is 86.1 cm³/mol. The number of carbonyl (C=O) groups is 4. The van der Waals surface area contributed by atoms with Crippen molar-refractivity contribution in [2.45, 2.75) is 31.6 Å². The van der Waals surface area contributed by atoms with Crippen LogP contribution in [0.25, 0.3) is 0 Å². The number of nitrogens with one attached hydrogen (secondary N) is 2. The second-order valence-corrected chi connectivity index (χ2v) is 6.05. The summed E-state index contributed by atoms with van der Waals surface area (Å²) in [5.41, 5.74) is 5.91. The highest BCUT2D eigenvalue weighted by atomic mass is 32.1. The van der Waals surface area contributed by atoms with Crippen LogP contribution in [0, 0.1) is 0 Å². The fraction of sp³-hybridized carbons (Fsp3) is 0.429. The number of rotatable bonds is 4. The minimum absolute atomic E-state index is 0.214. The van der Waals surface area contributed by atoms with Crippen LogP contribution >= 0.6 is 11.3 Å². The van der Waals surface area contributed by atoms with Crippen LogP contribution < -0.4 is 21.1 Å². The maximum absolute atomic E-state index is 12.2. The Morgan fingerprint density at radius 3 is 2.48 bits per heavy atom. The summed E-state index contributed by atoms with van der Waals surface area (Å²) in [5.74, 6) is -3.54. The molecule has 2 heterocycles. The first kappa shape index (κ1) is 22.4. The lowest BCUT2D eigenvalue weighted by molar-refractivity contribution is -0.192. The molecule has 27 heavy (non-hydrogen) atoms. The summed E-state index contributed by atoms with van der Waals surface area (Å²) in [6.45, 7) is 0.277. The van der Waals surface area contributed by atoms with E-state index in [2.05, 4.69) is 10.6 Å². The first-order valence-electron chi connectivity index (χ1n) is 7.30. The summed E-state index contributed by atoms with van der Waals surface area (Å²) < 4.78 is 36.9. The number of thiophene rings is 1. The number of amides is 3. The summed E-state index contributed by atoms with van der Waals surface area (Å²) >= 11 is 1.33. The number of methoxy groups -OCH3 is 1. The van der Waals surface area contributed by atoms with Gasteiger partial charge in [0.25, 0.3) is 5.91 Å². The number of carboxylic acids is 1. The molecule has 9 nitrogen and oxygen atoms in total. The molecule has 150 valence electrons. The first-order valence-corrected chi connectivity index (χ1v) is 8.18. The zero-order valence-electron chi connectivity index (χ0n) is 13.9. The van der Waals surface area contributed by atoms with Crippen molar-refractivity contribution in [1.82, 2.24) is 10.6 Å². The van der Waals surface area contributed by atoms with Gasteiger partial charge >= 0.3 is 12.1 Å². The Morgan fingerprint density at radius 2 is 2.04 bits per heavy atom. The normalized spacial score (nSPS) is 16.7. The van der Waals surface area contributed by atoms with Crippen molar-refractivity contribution in [2.24, 2.45) is 5.73 Å². The minimum atomic E-state index is -5.08. The molecule has 0 radical (unpaired) electrons. The lowest BCUT2D eigenvalue weighted by Gasteiger charge is -2.21. The number of alkyl halides is 3. The molecule has 1 aliphatic heterocycles. The highest BCUT2D eigenvalue weighted by Gasteiger charge is 2.38. The highest BCUT2D eigenvalue weighted by Crippen LogP contribution is 2.30. The summed E-state index contributed by atoms with van der Waals surface area (Å²) in [7, 11) is 1.46. The average molecular weight is 411 g/mol. The Hall–Kier alpha value is -2.67. The van der Waals surface area contributed by atoms with E-state index in [4.69, 9.17) is 20.4 Å². The Kier molecular flexibility index (Phi) is 7.72. The number of aliphatic carboxylic acids is 1. The maximum atomic E-state index is 12.2. The van der Waals surface area contributed by atoms with Crippen LogP contribution in [-0.4, -0.2) is 48.1 Å². The Balaban J connectivity index is 0.000000445. The quantitative estimate of drug-likeness (QED) is 0.524. The van der Waals surface area contributed by atoms with Crippen LogP contribution in [0.2, 0.25) is 0 Å². The lowest BCUT2D eigenvalue weighted by Crippen LogP contribution is -2.52. The minimum Gasteiger partial charge on any atom is -0.495 e. The molecule has 5 N–H and O–H groups in total. The second-order valence-electron chi connectivity index (χ2n) is 5.09. The molecule has 0 bridgehead atoms. The number of piperidine rings is 1. The fourth-order valence-electron chi connectivity index (χ4n) is 1.98. The predicted octanol–water partition coefficient (Wildman–Crippen LogP) is 0.384. The van der Waals surface area contributed by atoms with E-state index in [-0.39, 0.29) is 18.9 Å². The van der Waals surface area contributed by atoms with Crippen molar-refractivity contribution in [1.29, 1.82) is 0 Å². The van der Waals surface area contributed by atoms with Gasteiger partial charge in [0.15, 0.2) is 0 Å². The smallest absolute Gasteiger partial charge is 0.490 e. The number of ether oxygens (including phenoxy) is 1. The SMILES string of the molecule is COc1c(C(=O)NC2CCC(=O)NC2=O)csc1CN.O=C(O)C(F)(F)F. The van der Waals surface area contributed by atoms with Crippen LogP contribution in [0.15, 0.2) is 5.38 Å². The van der Waals surface area contributed by atoms with E-state index in [0.29, 0.717) is 17.7 Å². The number of carbonyl (C=O) groups excluding carboxylic acids is 3. The van der Waals surface area contributed by atoms with Gasteiger partial charge in [-0.2, -0.15) is 13.2 Å². The van der Waals surface area contributed by atoms with Gasteiger partial charge in [-0.05, 0) is 6.42 Å². The number of carboxylic acid groups (broad SMARTS) is 1. The number of hydrogen-bond donors (Lipinski definition) is 4. The molecule has 1 saturated heterocycles. The van der Waals surface area contributed by atoms with E-state index in [1.54, 1.807) is 5.38 Å². The third-order valence-corrected chi connectivity index (χ3v) is 4.23. The van der Waals surface area contributed by atoms with Crippen molar-refractivity contribution in [3.63, 3.8) is 0 Å². The highest BCUT2D eigenvalue weighted by molar-refractivity contribution is 7.10. The standard InChI is InChI=1S/C12H15N3O4S.C2HF3O2/c1-19-10-6(5-20-8(10)4-13)11(17)14-7-2-3-9(16)15-12(7)18;3-2(4,5)1(6)7/h5,7H,2-4,13H2,1H3,(H,14,17)(H,15,16,18);(H,6,7). The summed E-state index contributed by atoms with van der Waals surface area (Å²) in [6, 6.07) is -0.703. The van der Waals surface area contributed by atoms with Gasteiger partial charge in [0, 0.05) is 18.3 Å².